The van der Waals surface area contributed by atoms with Gasteiger partial charge in [0.2, 0.25) is 0 Å². The minimum atomic E-state index is -4.22. The Balaban J connectivity index is 2.62. The van der Waals surface area contributed by atoms with Crippen molar-refractivity contribution in [1.29, 1.82) is 0 Å². The molecule has 0 amide bonds. The molecule has 0 aromatic heterocycles. The fraction of sp³-hybridized carbons (Fsp3) is 0.125. The third-order valence-electron chi connectivity index (χ3n) is 3.44. The second-order valence-corrected chi connectivity index (χ2v) is 7.90. The van der Waals surface area contributed by atoms with Crippen molar-refractivity contribution in [2.24, 2.45) is 0 Å². The molecule has 0 aliphatic heterocycles. The standard InChI is InChI=1S/C16H14BrFN2O4S/c1-3-8-19(15-7-5-12(17)9-14(15)18)25(23,24)13-6-4-11(2)16(10-13)20(21)22/h3-7,9-10H,1,8H2,2H3. The summed E-state index contributed by atoms with van der Waals surface area (Å²) >= 11 is 3.11. The first-order valence-electron chi connectivity index (χ1n) is 7.02. The highest BCUT2D eigenvalue weighted by Crippen LogP contribution is 2.30. The molecule has 2 aromatic carbocycles. The van der Waals surface area contributed by atoms with E-state index in [0.717, 1.165) is 16.4 Å². The van der Waals surface area contributed by atoms with Gasteiger partial charge >= 0.3 is 0 Å². The van der Waals surface area contributed by atoms with Crippen molar-refractivity contribution in [2.75, 3.05) is 10.8 Å². The van der Waals surface area contributed by atoms with Gasteiger partial charge in [0.25, 0.3) is 15.7 Å². The number of nitro groups is 1. The monoisotopic (exact) mass is 428 g/mol. The molecule has 6 nitrogen and oxygen atoms in total. The Bertz CT molecular complexity index is 947. The van der Waals surface area contributed by atoms with E-state index in [2.05, 4.69) is 22.5 Å². The maximum absolute atomic E-state index is 14.3. The number of hydrogen-bond acceptors (Lipinski definition) is 4. The van der Waals surface area contributed by atoms with Crippen LogP contribution in [-0.4, -0.2) is 19.9 Å². The third-order valence-corrected chi connectivity index (χ3v) is 5.71. The zero-order valence-corrected chi connectivity index (χ0v) is 15.5. The summed E-state index contributed by atoms with van der Waals surface area (Å²) < 4.78 is 41.4. The lowest BCUT2D eigenvalue weighted by Crippen LogP contribution is -2.32. The number of benzene rings is 2. The molecule has 0 aliphatic carbocycles. The molecule has 0 radical (unpaired) electrons. The summed E-state index contributed by atoms with van der Waals surface area (Å²) in [6.45, 7) is 4.81. The number of rotatable bonds is 6. The fourth-order valence-corrected chi connectivity index (χ4v) is 4.00. The molecule has 0 bridgehead atoms. The zero-order chi connectivity index (χ0) is 18.8. The van der Waals surface area contributed by atoms with Crippen LogP contribution in [0, 0.1) is 22.9 Å². The lowest BCUT2D eigenvalue weighted by Gasteiger charge is -2.23. The molecular weight excluding hydrogens is 415 g/mol. The Morgan fingerprint density at radius 1 is 1.32 bits per heavy atom. The molecule has 0 heterocycles. The highest BCUT2D eigenvalue weighted by atomic mass is 79.9. The average Bonchev–Trinajstić information content (AvgIpc) is 2.53. The van der Waals surface area contributed by atoms with Gasteiger partial charge in [-0.05, 0) is 31.2 Å². The smallest absolute Gasteiger partial charge is 0.260 e. The Kier molecular flexibility index (Phi) is 5.58. The van der Waals surface area contributed by atoms with Gasteiger partial charge in [-0.3, -0.25) is 14.4 Å². The first kappa shape index (κ1) is 19.1. The third kappa shape index (κ3) is 3.88. The van der Waals surface area contributed by atoms with Crippen molar-refractivity contribution in [3.63, 3.8) is 0 Å². The minimum Gasteiger partial charge on any atom is -0.260 e. The van der Waals surface area contributed by atoms with E-state index in [9.17, 15) is 22.9 Å². The molecule has 9 heteroatoms. The van der Waals surface area contributed by atoms with E-state index >= 15 is 0 Å². The molecule has 0 unspecified atom stereocenters. The van der Waals surface area contributed by atoms with Crippen molar-refractivity contribution in [2.45, 2.75) is 11.8 Å². The van der Waals surface area contributed by atoms with Crippen molar-refractivity contribution in [3.8, 4) is 0 Å². The van der Waals surface area contributed by atoms with Gasteiger partial charge in [-0.25, -0.2) is 12.8 Å². The summed E-state index contributed by atoms with van der Waals surface area (Å²) in [7, 11) is -4.22. The molecule has 132 valence electrons. The molecule has 0 atom stereocenters. The van der Waals surface area contributed by atoms with E-state index in [4.69, 9.17) is 0 Å². The van der Waals surface area contributed by atoms with E-state index in [1.54, 1.807) is 0 Å². The SMILES string of the molecule is C=CCN(c1ccc(Br)cc1F)S(=O)(=O)c1ccc(C)c([N+](=O)[O-])c1. The van der Waals surface area contributed by atoms with Crippen LogP contribution in [-0.2, 0) is 10.0 Å². The molecule has 0 N–H and O–H groups in total. The number of sulfonamides is 1. The number of aryl methyl sites for hydroxylation is 1. The predicted molar refractivity (Wildman–Crippen MR) is 96.7 cm³/mol. The number of anilines is 1. The highest BCUT2D eigenvalue weighted by Gasteiger charge is 2.28. The maximum atomic E-state index is 14.3. The largest absolute Gasteiger partial charge is 0.273 e. The minimum absolute atomic E-state index is 0.175. The fourth-order valence-electron chi connectivity index (χ4n) is 2.20. The number of halogens is 2. The van der Waals surface area contributed by atoms with Gasteiger partial charge in [-0.15, -0.1) is 6.58 Å². The van der Waals surface area contributed by atoms with E-state index in [0.29, 0.717) is 10.0 Å². The van der Waals surface area contributed by atoms with Gasteiger partial charge in [0.05, 0.1) is 22.1 Å². The van der Waals surface area contributed by atoms with Crippen LogP contribution in [0.25, 0.3) is 0 Å². The molecule has 0 aliphatic rings. The lowest BCUT2D eigenvalue weighted by atomic mass is 10.2. The van der Waals surface area contributed by atoms with Gasteiger partial charge in [-0.1, -0.05) is 28.1 Å². The molecule has 0 saturated carbocycles. The van der Waals surface area contributed by atoms with E-state index < -0.39 is 20.8 Å². The molecule has 0 saturated heterocycles. The van der Waals surface area contributed by atoms with Gasteiger partial charge in [-0.2, -0.15) is 0 Å². The molecule has 0 spiro atoms. The second kappa shape index (κ2) is 7.32. The Morgan fingerprint density at radius 2 is 2.00 bits per heavy atom. The molecule has 0 fully saturated rings. The van der Waals surface area contributed by atoms with Crippen LogP contribution in [0.15, 0.2) is 58.4 Å². The van der Waals surface area contributed by atoms with E-state index in [1.807, 2.05) is 0 Å². The van der Waals surface area contributed by atoms with Gasteiger partial charge < -0.3 is 0 Å². The van der Waals surface area contributed by atoms with Crippen molar-refractivity contribution >= 4 is 37.3 Å². The lowest BCUT2D eigenvalue weighted by molar-refractivity contribution is -0.385. The van der Waals surface area contributed by atoms with E-state index in [-0.39, 0.29) is 22.8 Å². The highest BCUT2D eigenvalue weighted by molar-refractivity contribution is 9.10. The quantitative estimate of drug-likeness (QED) is 0.392. The normalized spacial score (nSPS) is 11.2. The topological polar surface area (TPSA) is 80.5 Å². The van der Waals surface area contributed by atoms with Gasteiger partial charge in [0.1, 0.15) is 5.82 Å². The predicted octanol–water partition coefficient (Wildman–Crippen LogP) is 4.19. The molecule has 25 heavy (non-hydrogen) atoms. The molecular formula is C16H14BrFN2O4S. The average molecular weight is 429 g/mol. The van der Waals surface area contributed by atoms with Crippen LogP contribution in [0.5, 0.6) is 0 Å². The van der Waals surface area contributed by atoms with Crippen LogP contribution >= 0.6 is 15.9 Å². The summed E-state index contributed by atoms with van der Waals surface area (Å²) in [5.41, 5.74) is -0.170. The van der Waals surface area contributed by atoms with Crippen molar-refractivity contribution in [1.82, 2.24) is 0 Å². The van der Waals surface area contributed by atoms with E-state index in [1.165, 1.54) is 37.3 Å². The van der Waals surface area contributed by atoms with Crippen LogP contribution in [0.4, 0.5) is 15.8 Å². The summed E-state index contributed by atoms with van der Waals surface area (Å²) in [5, 5.41) is 11.1. The summed E-state index contributed by atoms with van der Waals surface area (Å²) in [6, 6.07) is 7.51. The summed E-state index contributed by atoms with van der Waals surface area (Å²) in [5.74, 6) is -0.749. The zero-order valence-electron chi connectivity index (χ0n) is 13.1. The number of hydrogen-bond donors (Lipinski definition) is 0. The number of nitro benzene ring substituents is 1. The van der Waals surface area contributed by atoms with Gasteiger partial charge in [0, 0.05) is 16.1 Å². The van der Waals surface area contributed by atoms with Crippen LogP contribution in [0.3, 0.4) is 0 Å². The van der Waals surface area contributed by atoms with Crippen LogP contribution in [0.2, 0.25) is 0 Å². The summed E-state index contributed by atoms with van der Waals surface area (Å²) in [4.78, 5) is 10.1. The van der Waals surface area contributed by atoms with Crippen molar-refractivity contribution in [3.05, 3.63) is 75.0 Å². The van der Waals surface area contributed by atoms with Crippen LogP contribution in [0.1, 0.15) is 5.56 Å². The first-order valence-corrected chi connectivity index (χ1v) is 9.25. The number of nitrogens with zero attached hydrogens (tertiary/aromatic N) is 2. The Morgan fingerprint density at radius 3 is 2.56 bits per heavy atom. The Labute approximate surface area is 152 Å². The Hall–Kier alpha value is -2.26. The molecule has 2 rings (SSSR count). The molecule has 2 aromatic rings. The maximum Gasteiger partial charge on any atom is 0.273 e. The summed E-state index contributed by atoms with van der Waals surface area (Å²) in [6.07, 6.45) is 1.31. The van der Waals surface area contributed by atoms with Crippen LogP contribution < -0.4 is 4.31 Å². The van der Waals surface area contributed by atoms with Crippen molar-refractivity contribution < 1.29 is 17.7 Å². The van der Waals surface area contributed by atoms with Gasteiger partial charge in [0.15, 0.2) is 0 Å². The second-order valence-electron chi connectivity index (χ2n) is 5.13. The first-order chi connectivity index (χ1) is 11.7.